The highest BCUT2D eigenvalue weighted by Gasteiger charge is 2.32. The fourth-order valence-electron chi connectivity index (χ4n) is 2.55. The molecule has 2 heterocycles. The van der Waals surface area contributed by atoms with Gasteiger partial charge in [-0.1, -0.05) is 0 Å². The zero-order valence-electron chi connectivity index (χ0n) is 11.2. The number of pyridine rings is 1. The average molecular weight is 308 g/mol. The maximum atomic E-state index is 14.0. The first-order chi connectivity index (χ1) is 10.3. The van der Waals surface area contributed by atoms with Crippen molar-refractivity contribution in [2.75, 3.05) is 6.61 Å². The van der Waals surface area contributed by atoms with E-state index in [2.05, 4.69) is 0 Å². The number of nitro benzene ring substituents is 1. The van der Waals surface area contributed by atoms with E-state index in [4.69, 9.17) is 9.84 Å². The molecule has 0 amide bonds. The van der Waals surface area contributed by atoms with E-state index in [-0.39, 0.29) is 23.9 Å². The first kappa shape index (κ1) is 14.0. The summed E-state index contributed by atoms with van der Waals surface area (Å²) in [5.74, 6) is -2.80. The number of nitro groups is 1. The Bertz CT molecular complexity index is 904. The molecule has 0 unspecified atom stereocenters. The van der Waals surface area contributed by atoms with Crippen LogP contribution in [0.15, 0.2) is 17.1 Å². The molecule has 0 saturated heterocycles. The number of rotatable bonds is 2. The molecule has 0 radical (unpaired) electrons. The lowest BCUT2D eigenvalue weighted by Crippen LogP contribution is -2.27. The lowest BCUT2D eigenvalue weighted by molar-refractivity contribution is -0.385. The topological polar surface area (TPSA) is 112 Å². The summed E-state index contributed by atoms with van der Waals surface area (Å²) in [6.07, 6.45) is 1.10. The maximum Gasteiger partial charge on any atom is 0.341 e. The van der Waals surface area contributed by atoms with Gasteiger partial charge in [0.05, 0.1) is 11.0 Å². The highest BCUT2D eigenvalue weighted by atomic mass is 19.1. The van der Waals surface area contributed by atoms with Gasteiger partial charge in [0.1, 0.15) is 28.8 Å². The van der Waals surface area contributed by atoms with E-state index in [9.17, 15) is 24.1 Å². The van der Waals surface area contributed by atoms with Crippen LogP contribution in [-0.4, -0.2) is 27.2 Å². The summed E-state index contributed by atoms with van der Waals surface area (Å²) in [6, 6.07) is 0.474. The van der Waals surface area contributed by atoms with Gasteiger partial charge >= 0.3 is 11.7 Å². The molecule has 0 fully saturated rings. The number of halogens is 1. The van der Waals surface area contributed by atoms with Gasteiger partial charge in [0.25, 0.3) is 0 Å². The first-order valence-corrected chi connectivity index (χ1v) is 6.24. The molecule has 0 bridgehead atoms. The molecule has 1 aromatic heterocycles. The molecule has 8 nitrogen and oxygen atoms in total. The molecule has 0 aliphatic carbocycles. The largest absolute Gasteiger partial charge is 0.489 e. The summed E-state index contributed by atoms with van der Waals surface area (Å²) < 4.78 is 20.7. The lowest BCUT2D eigenvalue weighted by atomic mass is 10.1. The molecule has 2 aromatic rings. The number of carboxylic acids is 1. The highest BCUT2D eigenvalue weighted by Crippen LogP contribution is 2.37. The van der Waals surface area contributed by atoms with Gasteiger partial charge in [0, 0.05) is 12.3 Å². The Morgan fingerprint density at radius 2 is 2.27 bits per heavy atom. The van der Waals surface area contributed by atoms with Gasteiger partial charge in [-0.2, -0.15) is 4.39 Å². The zero-order chi connectivity index (χ0) is 16.2. The quantitative estimate of drug-likeness (QED) is 0.667. The minimum Gasteiger partial charge on any atom is -0.489 e. The number of aromatic carboxylic acids is 1. The standard InChI is InChI=1S/C13H9FN2O6/c1-5-4-22-8-2-7(14)10(16(20)21)9-11(8)15(5)3-6(12(9)17)13(18)19/h2-3,5H,4H2,1H3,(H,18,19)/t5-/m0/s1. The van der Waals surface area contributed by atoms with Crippen LogP contribution in [0.2, 0.25) is 0 Å². The van der Waals surface area contributed by atoms with Gasteiger partial charge in [-0.15, -0.1) is 0 Å². The van der Waals surface area contributed by atoms with Gasteiger partial charge in [0.2, 0.25) is 11.2 Å². The Kier molecular flexibility index (Phi) is 2.87. The third-order valence-electron chi connectivity index (χ3n) is 3.56. The van der Waals surface area contributed by atoms with Crippen molar-refractivity contribution < 1.29 is 24.0 Å². The Hall–Kier alpha value is -2.97. The predicted octanol–water partition coefficient (Wildman–Crippen LogP) is 1.70. The number of benzene rings is 1. The fraction of sp³-hybridized carbons (Fsp3) is 0.231. The van der Waals surface area contributed by atoms with E-state index in [1.807, 2.05) is 0 Å². The average Bonchev–Trinajstić information content (AvgIpc) is 2.43. The van der Waals surface area contributed by atoms with Gasteiger partial charge in [-0.05, 0) is 6.92 Å². The van der Waals surface area contributed by atoms with Crippen LogP contribution in [-0.2, 0) is 0 Å². The molecule has 1 aliphatic heterocycles. The van der Waals surface area contributed by atoms with E-state index in [1.54, 1.807) is 6.92 Å². The second-order valence-corrected chi connectivity index (χ2v) is 4.93. The Morgan fingerprint density at radius 1 is 1.59 bits per heavy atom. The second-order valence-electron chi connectivity index (χ2n) is 4.93. The summed E-state index contributed by atoms with van der Waals surface area (Å²) in [6.45, 7) is 1.81. The van der Waals surface area contributed by atoms with Gasteiger partial charge < -0.3 is 14.4 Å². The van der Waals surface area contributed by atoms with Crippen molar-refractivity contribution in [3.8, 4) is 5.75 Å². The lowest BCUT2D eigenvalue weighted by Gasteiger charge is -2.26. The molecule has 22 heavy (non-hydrogen) atoms. The molecular formula is C13H9FN2O6. The van der Waals surface area contributed by atoms with Crippen LogP contribution in [0.1, 0.15) is 23.3 Å². The van der Waals surface area contributed by atoms with E-state index in [0.717, 1.165) is 12.3 Å². The molecule has 114 valence electrons. The summed E-state index contributed by atoms with van der Waals surface area (Å²) in [7, 11) is 0. The summed E-state index contributed by atoms with van der Waals surface area (Å²) in [4.78, 5) is 33.6. The SMILES string of the molecule is C[C@H]1COc2cc(F)c([N+](=O)[O-])c3c(=O)c(C(=O)O)cn1c23. The number of hydrogen-bond acceptors (Lipinski definition) is 5. The van der Waals surface area contributed by atoms with Crippen molar-refractivity contribution in [2.45, 2.75) is 13.0 Å². The van der Waals surface area contributed by atoms with Crippen molar-refractivity contribution in [2.24, 2.45) is 0 Å². The summed E-state index contributed by atoms with van der Waals surface area (Å²) in [5.41, 5.74) is -2.77. The van der Waals surface area contributed by atoms with E-state index < -0.39 is 38.8 Å². The van der Waals surface area contributed by atoms with Crippen molar-refractivity contribution in [1.82, 2.24) is 4.57 Å². The summed E-state index contributed by atoms with van der Waals surface area (Å²) >= 11 is 0. The van der Waals surface area contributed by atoms with Crippen LogP contribution in [0, 0.1) is 15.9 Å². The number of aromatic nitrogens is 1. The predicted molar refractivity (Wildman–Crippen MR) is 72.0 cm³/mol. The molecule has 0 saturated carbocycles. The molecule has 1 aliphatic rings. The minimum absolute atomic E-state index is 0.0229. The number of nitrogens with zero attached hydrogens (tertiary/aromatic N) is 2. The first-order valence-electron chi connectivity index (χ1n) is 6.24. The van der Waals surface area contributed by atoms with E-state index >= 15 is 0 Å². The smallest absolute Gasteiger partial charge is 0.341 e. The molecule has 9 heteroatoms. The van der Waals surface area contributed by atoms with Gasteiger partial charge in [-0.25, -0.2) is 4.79 Å². The van der Waals surface area contributed by atoms with Gasteiger partial charge in [0.15, 0.2) is 0 Å². The summed E-state index contributed by atoms with van der Waals surface area (Å²) in [5, 5.41) is 19.6. The normalized spacial score (nSPS) is 16.4. The number of carboxylic acid groups (broad SMARTS) is 1. The Labute approximate surface area is 121 Å². The molecule has 0 spiro atoms. The molecule has 1 aromatic carbocycles. The van der Waals surface area contributed by atoms with Crippen molar-refractivity contribution in [3.05, 3.63) is 44.0 Å². The zero-order valence-corrected chi connectivity index (χ0v) is 11.2. The fourth-order valence-corrected chi connectivity index (χ4v) is 2.55. The van der Waals surface area contributed by atoms with Crippen LogP contribution >= 0.6 is 0 Å². The second kappa shape index (κ2) is 4.52. The van der Waals surface area contributed by atoms with E-state index in [0.29, 0.717) is 0 Å². The van der Waals surface area contributed by atoms with Crippen LogP contribution < -0.4 is 10.2 Å². The van der Waals surface area contributed by atoms with Crippen LogP contribution in [0.5, 0.6) is 5.75 Å². The maximum absolute atomic E-state index is 14.0. The van der Waals surface area contributed by atoms with Crippen molar-refractivity contribution >= 4 is 22.6 Å². The van der Waals surface area contributed by atoms with E-state index in [1.165, 1.54) is 4.57 Å². The molecule has 3 rings (SSSR count). The molecule has 1 N–H and O–H groups in total. The molecular weight excluding hydrogens is 299 g/mol. The Morgan fingerprint density at radius 3 is 2.86 bits per heavy atom. The third kappa shape index (κ3) is 1.75. The highest BCUT2D eigenvalue weighted by molar-refractivity contribution is 5.98. The number of carbonyl (C=O) groups is 1. The van der Waals surface area contributed by atoms with Crippen LogP contribution in [0.25, 0.3) is 10.9 Å². The van der Waals surface area contributed by atoms with Crippen molar-refractivity contribution in [3.63, 3.8) is 0 Å². The third-order valence-corrected chi connectivity index (χ3v) is 3.56. The number of hydrogen-bond donors (Lipinski definition) is 1. The Balaban J connectivity index is 2.63. The van der Waals surface area contributed by atoms with Gasteiger partial charge in [-0.3, -0.25) is 14.9 Å². The monoisotopic (exact) mass is 308 g/mol. The van der Waals surface area contributed by atoms with Crippen LogP contribution in [0.3, 0.4) is 0 Å². The minimum atomic E-state index is -1.53. The van der Waals surface area contributed by atoms with Crippen molar-refractivity contribution in [1.29, 1.82) is 0 Å². The molecule has 1 atom stereocenters. The number of ether oxygens (including phenoxy) is 1. The van der Waals surface area contributed by atoms with Crippen LogP contribution in [0.4, 0.5) is 10.1 Å².